The number of nitrogens with one attached hydrogen (secondary N) is 1. The van der Waals surface area contributed by atoms with Crippen LogP contribution in [0.25, 0.3) is 0 Å². The molecular formula is C23H28N2O3. The van der Waals surface area contributed by atoms with Crippen molar-refractivity contribution in [2.45, 2.75) is 39.2 Å². The molecule has 1 atom stereocenters. The highest BCUT2D eigenvalue weighted by Gasteiger charge is 2.27. The van der Waals surface area contributed by atoms with E-state index in [1.54, 1.807) is 4.90 Å². The Morgan fingerprint density at radius 1 is 1.18 bits per heavy atom. The lowest BCUT2D eigenvalue weighted by Crippen LogP contribution is -2.50. The maximum Gasteiger partial charge on any atom is 0.253 e. The number of nitrogens with zero attached hydrogens (tertiary/aromatic N) is 1. The van der Waals surface area contributed by atoms with Crippen molar-refractivity contribution in [1.29, 1.82) is 0 Å². The molecule has 5 heteroatoms. The van der Waals surface area contributed by atoms with Crippen LogP contribution in [0.4, 0.5) is 5.69 Å². The van der Waals surface area contributed by atoms with Crippen molar-refractivity contribution in [3.8, 4) is 0 Å². The van der Waals surface area contributed by atoms with Gasteiger partial charge in [0.1, 0.15) is 6.61 Å². The lowest BCUT2D eigenvalue weighted by atomic mass is 9.87. The van der Waals surface area contributed by atoms with Gasteiger partial charge in [-0.15, -0.1) is 0 Å². The molecule has 3 rings (SSSR count). The third-order valence-electron chi connectivity index (χ3n) is 4.95. The van der Waals surface area contributed by atoms with E-state index in [0.717, 1.165) is 11.3 Å². The highest BCUT2D eigenvalue weighted by molar-refractivity contribution is 5.95. The molecule has 0 aromatic heterocycles. The Labute approximate surface area is 166 Å². The van der Waals surface area contributed by atoms with Crippen molar-refractivity contribution in [3.63, 3.8) is 0 Å². The van der Waals surface area contributed by atoms with Crippen molar-refractivity contribution in [2.75, 3.05) is 24.6 Å². The first kappa shape index (κ1) is 20.1. The van der Waals surface area contributed by atoms with Crippen LogP contribution in [0.1, 0.15) is 42.3 Å². The summed E-state index contributed by atoms with van der Waals surface area (Å²) in [6, 6.07) is 15.5. The maximum absolute atomic E-state index is 12.5. The van der Waals surface area contributed by atoms with Crippen LogP contribution in [0.5, 0.6) is 0 Å². The number of rotatable bonds is 4. The zero-order valence-electron chi connectivity index (χ0n) is 17.0. The molecule has 2 amide bonds. The zero-order valence-corrected chi connectivity index (χ0v) is 17.0. The van der Waals surface area contributed by atoms with Crippen LogP contribution in [0.15, 0.2) is 48.5 Å². The molecule has 0 aliphatic carbocycles. The van der Waals surface area contributed by atoms with Crippen LogP contribution < -0.4 is 10.2 Å². The summed E-state index contributed by atoms with van der Waals surface area (Å²) in [4.78, 5) is 26.4. The van der Waals surface area contributed by atoms with Crippen molar-refractivity contribution in [1.82, 2.24) is 5.32 Å². The molecule has 2 aromatic rings. The number of amides is 2. The van der Waals surface area contributed by atoms with Gasteiger partial charge in [0, 0.05) is 17.8 Å². The van der Waals surface area contributed by atoms with Gasteiger partial charge >= 0.3 is 0 Å². The van der Waals surface area contributed by atoms with Crippen LogP contribution in [-0.2, 0) is 14.9 Å². The molecular weight excluding hydrogens is 352 g/mol. The Balaban J connectivity index is 1.59. The first-order valence-corrected chi connectivity index (χ1v) is 9.61. The highest BCUT2D eigenvalue weighted by Crippen LogP contribution is 2.22. The smallest absolute Gasteiger partial charge is 0.253 e. The largest absolute Gasteiger partial charge is 0.365 e. The molecule has 1 aliphatic heterocycles. The minimum Gasteiger partial charge on any atom is -0.365 e. The van der Waals surface area contributed by atoms with E-state index in [9.17, 15) is 9.59 Å². The lowest BCUT2D eigenvalue weighted by molar-refractivity contribution is -0.129. The van der Waals surface area contributed by atoms with E-state index in [-0.39, 0.29) is 29.9 Å². The van der Waals surface area contributed by atoms with E-state index in [2.05, 4.69) is 26.1 Å². The number of carbonyl (C=O) groups is 2. The van der Waals surface area contributed by atoms with E-state index < -0.39 is 0 Å². The Morgan fingerprint density at radius 3 is 2.54 bits per heavy atom. The highest BCUT2D eigenvalue weighted by atomic mass is 16.5. The number of morpholine rings is 1. The van der Waals surface area contributed by atoms with E-state index in [4.69, 9.17) is 4.74 Å². The van der Waals surface area contributed by atoms with Gasteiger partial charge in [-0.05, 0) is 47.7 Å². The Morgan fingerprint density at radius 2 is 1.89 bits per heavy atom. The summed E-state index contributed by atoms with van der Waals surface area (Å²) in [5.41, 5.74) is 3.82. The van der Waals surface area contributed by atoms with Gasteiger partial charge in [0.25, 0.3) is 11.8 Å². The van der Waals surface area contributed by atoms with Gasteiger partial charge in [-0.25, -0.2) is 0 Å². The van der Waals surface area contributed by atoms with Gasteiger partial charge in [-0.1, -0.05) is 45.0 Å². The maximum atomic E-state index is 12.5. The average Bonchev–Trinajstić information content (AvgIpc) is 2.66. The van der Waals surface area contributed by atoms with E-state index >= 15 is 0 Å². The normalized spacial score (nSPS) is 17.5. The molecule has 1 unspecified atom stereocenters. The van der Waals surface area contributed by atoms with Crippen LogP contribution in [0, 0.1) is 6.92 Å². The number of aryl methyl sites for hydroxylation is 1. The minimum atomic E-state index is -0.240. The SMILES string of the molecule is Cc1cccc(N2CC(CNC(=O)c3ccc(C(C)(C)C)cc3)OCC2=O)c1. The monoisotopic (exact) mass is 380 g/mol. The van der Waals surface area contributed by atoms with Crippen LogP contribution in [0.2, 0.25) is 0 Å². The fourth-order valence-corrected chi connectivity index (χ4v) is 3.22. The molecule has 2 aromatic carbocycles. The topological polar surface area (TPSA) is 58.6 Å². The van der Waals surface area contributed by atoms with Crippen LogP contribution >= 0.6 is 0 Å². The molecule has 1 heterocycles. The summed E-state index contributed by atoms with van der Waals surface area (Å²) in [5.74, 6) is -0.200. The first-order valence-electron chi connectivity index (χ1n) is 9.61. The molecule has 5 nitrogen and oxygen atoms in total. The van der Waals surface area contributed by atoms with Gasteiger partial charge < -0.3 is 15.0 Å². The standard InChI is InChI=1S/C23H28N2O3/c1-16-6-5-7-19(12-16)25-14-20(28-15-21(25)26)13-24-22(27)17-8-10-18(11-9-17)23(2,3)4/h5-12,20H,13-15H2,1-4H3,(H,24,27). The predicted molar refractivity (Wildman–Crippen MR) is 111 cm³/mol. The van der Waals surface area contributed by atoms with Crippen molar-refractivity contribution in [3.05, 3.63) is 65.2 Å². The summed E-state index contributed by atoms with van der Waals surface area (Å²) in [7, 11) is 0. The number of hydrogen-bond acceptors (Lipinski definition) is 3. The van der Waals surface area contributed by atoms with Gasteiger partial charge in [-0.3, -0.25) is 9.59 Å². The summed E-state index contributed by atoms with van der Waals surface area (Å²) in [6.45, 7) is 9.23. The number of anilines is 1. The van der Waals surface area contributed by atoms with E-state index in [0.29, 0.717) is 18.7 Å². The van der Waals surface area contributed by atoms with Crippen molar-refractivity contribution < 1.29 is 14.3 Å². The van der Waals surface area contributed by atoms with Gasteiger partial charge in [0.15, 0.2) is 0 Å². The minimum absolute atomic E-state index is 0.0226. The van der Waals surface area contributed by atoms with Crippen LogP contribution in [-0.4, -0.2) is 37.6 Å². The second-order valence-corrected chi connectivity index (χ2v) is 8.31. The summed E-state index contributed by atoms with van der Waals surface area (Å²) in [5, 5.41) is 2.92. The molecule has 148 valence electrons. The average molecular weight is 380 g/mol. The summed E-state index contributed by atoms with van der Waals surface area (Å²) < 4.78 is 5.62. The molecule has 28 heavy (non-hydrogen) atoms. The van der Waals surface area contributed by atoms with E-state index in [1.165, 1.54) is 5.56 Å². The number of carbonyl (C=O) groups excluding carboxylic acids is 2. The molecule has 0 spiro atoms. The number of ether oxygens (including phenoxy) is 1. The van der Waals surface area contributed by atoms with Gasteiger partial charge in [0.2, 0.25) is 0 Å². The molecule has 1 N–H and O–H groups in total. The third kappa shape index (κ3) is 4.78. The van der Waals surface area contributed by atoms with Crippen molar-refractivity contribution >= 4 is 17.5 Å². The van der Waals surface area contributed by atoms with Gasteiger partial charge in [-0.2, -0.15) is 0 Å². The number of hydrogen-bond donors (Lipinski definition) is 1. The Hall–Kier alpha value is -2.66. The fraction of sp³-hybridized carbons (Fsp3) is 0.391. The van der Waals surface area contributed by atoms with Gasteiger partial charge in [0.05, 0.1) is 12.6 Å². The first-order chi connectivity index (χ1) is 13.2. The summed E-state index contributed by atoms with van der Waals surface area (Å²) in [6.07, 6.45) is -0.240. The molecule has 0 saturated carbocycles. The Bertz CT molecular complexity index is 853. The second-order valence-electron chi connectivity index (χ2n) is 8.31. The Kier molecular flexibility index (Phi) is 5.84. The molecule has 0 bridgehead atoms. The summed E-state index contributed by atoms with van der Waals surface area (Å²) >= 11 is 0. The second kappa shape index (κ2) is 8.15. The van der Waals surface area contributed by atoms with Crippen LogP contribution in [0.3, 0.4) is 0 Å². The quantitative estimate of drug-likeness (QED) is 0.884. The zero-order chi connectivity index (χ0) is 20.3. The van der Waals surface area contributed by atoms with E-state index in [1.807, 2.05) is 55.5 Å². The molecule has 1 saturated heterocycles. The lowest BCUT2D eigenvalue weighted by Gasteiger charge is -2.33. The molecule has 0 radical (unpaired) electrons. The number of benzene rings is 2. The molecule has 1 fully saturated rings. The third-order valence-corrected chi connectivity index (χ3v) is 4.95. The predicted octanol–water partition coefficient (Wildman–Crippen LogP) is 3.45. The molecule has 1 aliphatic rings. The fourth-order valence-electron chi connectivity index (χ4n) is 3.22. The van der Waals surface area contributed by atoms with Crippen molar-refractivity contribution in [2.24, 2.45) is 0 Å².